The highest BCUT2D eigenvalue weighted by molar-refractivity contribution is 14.1. The van der Waals surface area contributed by atoms with Crippen LogP contribution in [0.4, 0.5) is 0 Å². The summed E-state index contributed by atoms with van der Waals surface area (Å²) in [6, 6.07) is 7.96. The third-order valence-corrected chi connectivity index (χ3v) is 2.29. The van der Waals surface area contributed by atoms with Crippen molar-refractivity contribution >= 4 is 34.2 Å². The zero-order valence-electron chi connectivity index (χ0n) is 6.35. The molecule has 0 saturated heterocycles. The van der Waals surface area contributed by atoms with Gasteiger partial charge >= 0.3 is 0 Å². The SMILES string of the molecule is N#CCCc1cc(Cl)cc(I)c1. The smallest absolute Gasteiger partial charge is 0.0625 e. The van der Waals surface area contributed by atoms with Gasteiger partial charge in [0.05, 0.1) is 6.07 Å². The number of nitrogens with zero attached hydrogens (tertiary/aromatic N) is 1. The second-order valence-corrected chi connectivity index (χ2v) is 4.12. The van der Waals surface area contributed by atoms with Crippen LogP contribution < -0.4 is 0 Å². The van der Waals surface area contributed by atoms with Gasteiger partial charge in [-0.2, -0.15) is 5.26 Å². The van der Waals surface area contributed by atoms with Gasteiger partial charge in [0.1, 0.15) is 0 Å². The Kier molecular flexibility index (Phi) is 3.83. The second kappa shape index (κ2) is 4.68. The van der Waals surface area contributed by atoms with E-state index >= 15 is 0 Å². The average Bonchev–Trinajstić information content (AvgIpc) is 1.99. The highest BCUT2D eigenvalue weighted by Gasteiger charge is 1.96. The van der Waals surface area contributed by atoms with Crippen molar-refractivity contribution < 1.29 is 0 Å². The van der Waals surface area contributed by atoms with Crippen molar-refractivity contribution in [2.45, 2.75) is 12.8 Å². The van der Waals surface area contributed by atoms with Gasteiger partial charge in [-0.3, -0.25) is 0 Å². The molecule has 0 radical (unpaired) electrons. The van der Waals surface area contributed by atoms with Crippen LogP contribution in [0.5, 0.6) is 0 Å². The van der Waals surface area contributed by atoms with Crippen molar-refractivity contribution in [2.24, 2.45) is 0 Å². The molecule has 0 aliphatic rings. The molecule has 0 heterocycles. The van der Waals surface area contributed by atoms with Gasteiger partial charge < -0.3 is 0 Å². The minimum atomic E-state index is 0.552. The van der Waals surface area contributed by atoms with E-state index in [0.29, 0.717) is 6.42 Å². The predicted octanol–water partition coefficient (Wildman–Crippen LogP) is 3.40. The molecule has 0 N–H and O–H groups in total. The van der Waals surface area contributed by atoms with Crippen LogP contribution in [0, 0.1) is 14.9 Å². The van der Waals surface area contributed by atoms with Crippen molar-refractivity contribution in [1.82, 2.24) is 0 Å². The van der Waals surface area contributed by atoms with Crippen LogP contribution in [-0.2, 0) is 6.42 Å². The Balaban J connectivity index is 2.80. The van der Waals surface area contributed by atoms with Crippen molar-refractivity contribution in [2.75, 3.05) is 0 Å². The zero-order valence-corrected chi connectivity index (χ0v) is 9.26. The molecule has 0 amide bonds. The lowest BCUT2D eigenvalue weighted by molar-refractivity contribution is 1.01. The summed E-state index contributed by atoms with van der Waals surface area (Å²) in [7, 11) is 0. The fourth-order valence-electron chi connectivity index (χ4n) is 0.956. The van der Waals surface area contributed by atoms with E-state index in [-0.39, 0.29) is 0 Å². The molecule has 0 spiro atoms. The molecule has 62 valence electrons. The third kappa shape index (κ3) is 3.00. The Morgan fingerprint density at radius 1 is 1.42 bits per heavy atom. The van der Waals surface area contributed by atoms with Crippen LogP contribution in [0.2, 0.25) is 5.02 Å². The highest BCUT2D eigenvalue weighted by atomic mass is 127. The number of benzene rings is 1. The van der Waals surface area contributed by atoms with Crippen LogP contribution in [0.25, 0.3) is 0 Å². The van der Waals surface area contributed by atoms with E-state index < -0.39 is 0 Å². The monoisotopic (exact) mass is 291 g/mol. The Morgan fingerprint density at radius 3 is 2.75 bits per heavy atom. The summed E-state index contributed by atoms with van der Waals surface area (Å²) in [5.41, 5.74) is 1.13. The maximum absolute atomic E-state index is 8.38. The molecular formula is C9H7ClIN. The molecule has 0 aromatic heterocycles. The molecule has 0 saturated carbocycles. The van der Waals surface area contributed by atoms with Gasteiger partial charge in [0.25, 0.3) is 0 Å². The third-order valence-electron chi connectivity index (χ3n) is 1.45. The molecule has 0 bridgehead atoms. The van der Waals surface area contributed by atoms with Crippen molar-refractivity contribution in [3.8, 4) is 6.07 Å². The van der Waals surface area contributed by atoms with Crippen molar-refractivity contribution in [3.05, 3.63) is 32.4 Å². The molecule has 1 nitrogen and oxygen atoms in total. The Hall–Kier alpha value is -0.270. The summed E-state index contributed by atoms with van der Waals surface area (Å²) in [5, 5.41) is 9.13. The fraction of sp³-hybridized carbons (Fsp3) is 0.222. The molecular weight excluding hydrogens is 284 g/mol. The minimum Gasteiger partial charge on any atom is -0.198 e. The maximum atomic E-state index is 8.38. The highest BCUT2D eigenvalue weighted by Crippen LogP contribution is 2.17. The van der Waals surface area contributed by atoms with Crippen LogP contribution >= 0.6 is 34.2 Å². The van der Waals surface area contributed by atoms with Crippen molar-refractivity contribution in [3.63, 3.8) is 0 Å². The summed E-state index contributed by atoms with van der Waals surface area (Å²) in [4.78, 5) is 0. The fourth-order valence-corrected chi connectivity index (χ4v) is 2.13. The maximum Gasteiger partial charge on any atom is 0.0625 e. The largest absolute Gasteiger partial charge is 0.198 e. The Morgan fingerprint density at radius 2 is 2.17 bits per heavy atom. The van der Waals surface area contributed by atoms with E-state index in [1.54, 1.807) is 0 Å². The van der Waals surface area contributed by atoms with Gasteiger partial charge in [-0.05, 0) is 52.8 Å². The molecule has 1 aromatic carbocycles. The molecule has 0 unspecified atom stereocenters. The minimum absolute atomic E-state index is 0.552. The summed E-state index contributed by atoms with van der Waals surface area (Å²) in [6.07, 6.45) is 1.34. The average molecular weight is 292 g/mol. The van der Waals surface area contributed by atoms with Gasteiger partial charge in [-0.1, -0.05) is 11.6 Å². The number of aryl methyl sites for hydroxylation is 1. The number of rotatable bonds is 2. The van der Waals surface area contributed by atoms with Crippen LogP contribution in [0.1, 0.15) is 12.0 Å². The van der Waals surface area contributed by atoms with E-state index in [4.69, 9.17) is 16.9 Å². The quantitative estimate of drug-likeness (QED) is 0.766. The zero-order chi connectivity index (χ0) is 8.97. The number of hydrogen-bond acceptors (Lipinski definition) is 1. The van der Waals surface area contributed by atoms with Crippen molar-refractivity contribution in [1.29, 1.82) is 5.26 Å². The lowest BCUT2D eigenvalue weighted by atomic mass is 10.1. The Labute approximate surface area is 90.5 Å². The first kappa shape index (κ1) is 9.82. The van der Waals surface area contributed by atoms with Crippen LogP contribution in [0.3, 0.4) is 0 Å². The first-order valence-electron chi connectivity index (χ1n) is 3.54. The first-order chi connectivity index (χ1) is 5.72. The van der Waals surface area contributed by atoms with E-state index in [2.05, 4.69) is 28.7 Å². The van der Waals surface area contributed by atoms with Crippen LogP contribution in [-0.4, -0.2) is 0 Å². The van der Waals surface area contributed by atoms with E-state index in [9.17, 15) is 0 Å². The second-order valence-electron chi connectivity index (χ2n) is 2.44. The molecule has 1 rings (SSSR count). The molecule has 0 fully saturated rings. The van der Waals surface area contributed by atoms with E-state index in [1.807, 2.05) is 18.2 Å². The summed E-state index contributed by atoms with van der Waals surface area (Å²) in [5.74, 6) is 0. The molecule has 12 heavy (non-hydrogen) atoms. The normalized spacial score (nSPS) is 9.42. The lowest BCUT2D eigenvalue weighted by Crippen LogP contribution is -1.84. The van der Waals surface area contributed by atoms with Gasteiger partial charge in [0, 0.05) is 15.0 Å². The topological polar surface area (TPSA) is 23.8 Å². The van der Waals surface area contributed by atoms with E-state index in [1.165, 1.54) is 0 Å². The molecule has 0 aliphatic carbocycles. The first-order valence-corrected chi connectivity index (χ1v) is 5.00. The van der Waals surface area contributed by atoms with Gasteiger partial charge in [-0.15, -0.1) is 0 Å². The van der Waals surface area contributed by atoms with E-state index in [0.717, 1.165) is 20.6 Å². The number of halogens is 2. The number of nitriles is 1. The van der Waals surface area contributed by atoms with Gasteiger partial charge in [-0.25, -0.2) is 0 Å². The molecule has 0 atom stereocenters. The summed E-state index contributed by atoms with van der Waals surface area (Å²) < 4.78 is 1.12. The summed E-state index contributed by atoms with van der Waals surface area (Å²) in [6.45, 7) is 0. The lowest BCUT2D eigenvalue weighted by Gasteiger charge is -1.99. The van der Waals surface area contributed by atoms with Crippen LogP contribution in [0.15, 0.2) is 18.2 Å². The Bertz CT molecular complexity index is 297. The number of hydrogen-bond donors (Lipinski definition) is 0. The predicted molar refractivity (Wildman–Crippen MR) is 58.1 cm³/mol. The summed E-state index contributed by atoms with van der Waals surface area (Å²) >= 11 is 8.06. The standard InChI is InChI=1S/C9H7ClIN/c10-8-4-7(2-1-3-12)5-9(11)6-8/h4-6H,1-2H2. The molecule has 0 aliphatic heterocycles. The van der Waals surface area contributed by atoms with Gasteiger partial charge in [0.15, 0.2) is 0 Å². The molecule has 1 aromatic rings. The molecule has 3 heteroatoms. The van der Waals surface area contributed by atoms with Gasteiger partial charge in [0.2, 0.25) is 0 Å².